The monoisotopic (exact) mass is 405 g/mol. The molecule has 2 aliphatic rings. The number of anilines is 1. The molecule has 0 N–H and O–H groups in total. The molecule has 2 aromatic carbocycles. The molecule has 0 radical (unpaired) electrons. The normalized spacial score (nSPS) is 19.8. The molecule has 1 aliphatic carbocycles. The molecular formula is C25H31N3S. The van der Waals surface area contributed by atoms with E-state index in [4.69, 9.17) is 9.98 Å². The van der Waals surface area contributed by atoms with Crippen LogP contribution in [0.2, 0.25) is 0 Å². The van der Waals surface area contributed by atoms with Crippen LogP contribution >= 0.6 is 11.8 Å². The first-order chi connectivity index (χ1) is 14.1. The van der Waals surface area contributed by atoms with E-state index in [1.165, 1.54) is 41.6 Å². The van der Waals surface area contributed by atoms with Crippen LogP contribution in [0.5, 0.6) is 0 Å². The van der Waals surface area contributed by atoms with E-state index < -0.39 is 0 Å². The standard InChI is InChI=1S/C25H31N3S/c1-5-20-11-9-10-19(3)22(20)26-23-25(16-7-6-8-17-25)28(24(27-23)29-4)21-14-12-18(2)13-15-21/h9-15H,5-8,16-17H2,1-4H3. The van der Waals surface area contributed by atoms with Crippen molar-refractivity contribution in [3.8, 4) is 0 Å². The van der Waals surface area contributed by atoms with Gasteiger partial charge >= 0.3 is 0 Å². The number of amidine groups is 2. The Bertz CT molecular complexity index is 937. The van der Waals surface area contributed by atoms with Crippen molar-refractivity contribution in [3.05, 3.63) is 59.2 Å². The molecule has 0 amide bonds. The number of nitrogens with zero attached hydrogens (tertiary/aromatic N) is 3. The molecule has 0 saturated heterocycles. The first-order valence-electron chi connectivity index (χ1n) is 10.8. The van der Waals surface area contributed by atoms with Crippen molar-refractivity contribution in [3.63, 3.8) is 0 Å². The second-order valence-electron chi connectivity index (χ2n) is 8.23. The molecule has 1 saturated carbocycles. The molecule has 1 spiro atoms. The van der Waals surface area contributed by atoms with Crippen molar-refractivity contribution < 1.29 is 0 Å². The summed E-state index contributed by atoms with van der Waals surface area (Å²) in [6.45, 7) is 6.52. The van der Waals surface area contributed by atoms with Gasteiger partial charge in [-0.2, -0.15) is 0 Å². The van der Waals surface area contributed by atoms with Crippen LogP contribution in [0.15, 0.2) is 52.4 Å². The Morgan fingerprint density at radius 2 is 1.76 bits per heavy atom. The maximum absolute atomic E-state index is 5.27. The minimum Gasteiger partial charge on any atom is -0.307 e. The van der Waals surface area contributed by atoms with Gasteiger partial charge in [-0.05, 0) is 62.6 Å². The number of aryl methyl sites for hydroxylation is 3. The Morgan fingerprint density at radius 1 is 1.03 bits per heavy atom. The van der Waals surface area contributed by atoms with E-state index in [2.05, 4.69) is 74.4 Å². The van der Waals surface area contributed by atoms with E-state index in [0.717, 1.165) is 36.0 Å². The van der Waals surface area contributed by atoms with Crippen LogP contribution in [0.1, 0.15) is 55.7 Å². The first-order valence-corrected chi connectivity index (χ1v) is 12.0. The van der Waals surface area contributed by atoms with Gasteiger partial charge in [0, 0.05) is 5.69 Å². The van der Waals surface area contributed by atoms with Gasteiger partial charge in [0.2, 0.25) is 0 Å². The lowest BCUT2D eigenvalue weighted by Gasteiger charge is -2.42. The predicted molar refractivity (Wildman–Crippen MR) is 128 cm³/mol. The molecule has 4 heteroatoms. The molecule has 1 aliphatic heterocycles. The SMILES string of the molecule is CCc1cccc(C)c1N=C1N=C(SC)N(c2ccc(C)cc2)C12CCCCC2. The highest BCUT2D eigenvalue weighted by Crippen LogP contribution is 2.44. The number of para-hydroxylation sites is 1. The Labute approximate surface area is 179 Å². The average Bonchev–Trinajstić information content (AvgIpc) is 3.03. The van der Waals surface area contributed by atoms with Crippen molar-refractivity contribution in [2.75, 3.05) is 11.2 Å². The third-order valence-electron chi connectivity index (χ3n) is 6.31. The van der Waals surface area contributed by atoms with Gasteiger partial charge < -0.3 is 4.90 Å². The van der Waals surface area contributed by atoms with E-state index >= 15 is 0 Å². The summed E-state index contributed by atoms with van der Waals surface area (Å²) >= 11 is 1.73. The van der Waals surface area contributed by atoms with Gasteiger partial charge in [-0.15, -0.1) is 0 Å². The van der Waals surface area contributed by atoms with Crippen molar-refractivity contribution >= 4 is 34.1 Å². The Balaban J connectivity index is 1.88. The summed E-state index contributed by atoms with van der Waals surface area (Å²) in [4.78, 5) is 12.9. The number of rotatable bonds is 3. The van der Waals surface area contributed by atoms with Gasteiger partial charge in [-0.25, -0.2) is 9.98 Å². The summed E-state index contributed by atoms with van der Waals surface area (Å²) in [6, 6.07) is 15.4. The lowest BCUT2D eigenvalue weighted by molar-refractivity contribution is 0.385. The second kappa shape index (κ2) is 8.35. The quantitative estimate of drug-likeness (QED) is 0.559. The highest BCUT2D eigenvalue weighted by Gasteiger charge is 2.49. The van der Waals surface area contributed by atoms with Gasteiger partial charge in [0.15, 0.2) is 11.0 Å². The summed E-state index contributed by atoms with van der Waals surface area (Å²) in [5.41, 5.74) is 6.05. The van der Waals surface area contributed by atoms with E-state index in [0.29, 0.717) is 0 Å². The fourth-order valence-corrected chi connectivity index (χ4v) is 5.34. The fourth-order valence-electron chi connectivity index (χ4n) is 4.70. The van der Waals surface area contributed by atoms with E-state index in [1.807, 2.05) is 0 Å². The molecule has 1 fully saturated rings. The average molecular weight is 406 g/mol. The summed E-state index contributed by atoms with van der Waals surface area (Å²) < 4.78 is 0. The van der Waals surface area contributed by atoms with E-state index in [1.54, 1.807) is 11.8 Å². The number of benzene rings is 2. The molecule has 0 aromatic heterocycles. The Morgan fingerprint density at radius 3 is 2.41 bits per heavy atom. The predicted octanol–water partition coefficient (Wildman–Crippen LogP) is 6.84. The minimum absolute atomic E-state index is 0.126. The van der Waals surface area contributed by atoms with Crippen molar-refractivity contribution in [2.24, 2.45) is 9.98 Å². The number of hydrogen-bond acceptors (Lipinski definition) is 3. The third-order valence-corrected chi connectivity index (χ3v) is 6.95. The van der Waals surface area contributed by atoms with E-state index in [9.17, 15) is 0 Å². The van der Waals surface area contributed by atoms with Crippen LogP contribution in [-0.4, -0.2) is 22.8 Å². The van der Waals surface area contributed by atoms with Gasteiger partial charge in [0.25, 0.3) is 0 Å². The van der Waals surface area contributed by atoms with Crippen LogP contribution in [-0.2, 0) is 6.42 Å². The highest BCUT2D eigenvalue weighted by molar-refractivity contribution is 8.13. The number of hydrogen-bond donors (Lipinski definition) is 0. The molecule has 1 heterocycles. The zero-order chi connectivity index (χ0) is 20.4. The molecule has 152 valence electrons. The number of aliphatic imine (C=N–C) groups is 2. The van der Waals surface area contributed by atoms with Crippen LogP contribution < -0.4 is 4.90 Å². The third kappa shape index (κ3) is 3.63. The van der Waals surface area contributed by atoms with Gasteiger partial charge in [0.05, 0.1) is 5.69 Å². The molecule has 29 heavy (non-hydrogen) atoms. The van der Waals surface area contributed by atoms with E-state index in [-0.39, 0.29) is 5.54 Å². The fraction of sp³-hybridized carbons (Fsp3) is 0.440. The van der Waals surface area contributed by atoms with Gasteiger partial charge in [0.1, 0.15) is 5.54 Å². The molecular weight excluding hydrogens is 374 g/mol. The van der Waals surface area contributed by atoms with Crippen LogP contribution in [0.25, 0.3) is 0 Å². The second-order valence-corrected chi connectivity index (χ2v) is 9.01. The maximum atomic E-state index is 5.27. The van der Waals surface area contributed by atoms with Crippen molar-refractivity contribution in [1.82, 2.24) is 0 Å². The van der Waals surface area contributed by atoms with Gasteiger partial charge in [-0.3, -0.25) is 0 Å². The lowest BCUT2D eigenvalue weighted by Crippen LogP contribution is -2.52. The Kier molecular flexibility index (Phi) is 5.82. The van der Waals surface area contributed by atoms with Gasteiger partial charge in [-0.1, -0.05) is 73.8 Å². The molecule has 4 rings (SSSR count). The minimum atomic E-state index is -0.126. The zero-order valence-electron chi connectivity index (χ0n) is 18.0. The Hall–Kier alpha value is -2.07. The molecule has 3 nitrogen and oxygen atoms in total. The maximum Gasteiger partial charge on any atom is 0.170 e. The van der Waals surface area contributed by atoms with Crippen LogP contribution in [0.3, 0.4) is 0 Å². The molecule has 0 atom stereocenters. The smallest absolute Gasteiger partial charge is 0.170 e. The summed E-state index contributed by atoms with van der Waals surface area (Å²) in [7, 11) is 0. The van der Waals surface area contributed by atoms with Crippen molar-refractivity contribution in [2.45, 2.75) is 64.8 Å². The molecule has 0 bridgehead atoms. The topological polar surface area (TPSA) is 28.0 Å². The summed E-state index contributed by atoms with van der Waals surface area (Å²) in [5.74, 6) is 1.01. The summed E-state index contributed by atoms with van der Waals surface area (Å²) in [5, 5.41) is 1.07. The van der Waals surface area contributed by atoms with Crippen LogP contribution in [0, 0.1) is 13.8 Å². The molecule has 0 unspecified atom stereocenters. The summed E-state index contributed by atoms with van der Waals surface area (Å²) in [6.07, 6.45) is 9.10. The first kappa shape index (κ1) is 20.2. The number of thioether (sulfide) groups is 1. The van der Waals surface area contributed by atoms with Crippen molar-refractivity contribution in [1.29, 1.82) is 0 Å². The highest BCUT2D eigenvalue weighted by atomic mass is 32.2. The zero-order valence-corrected chi connectivity index (χ0v) is 18.9. The van der Waals surface area contributed by atoms with Crippen LogP contribution in [0.4, 0.5) is 11.4 Å². The lowest BCUT2D eigenvalue weighted by atomic mass is 9.79. The largest absolute Gasteiger partial charge is 0.307 e. The molecule has 2 aromatic rings.